The number of aromatic nitrogens is 4. The first-order valence-corrected chi connectivity index (χ1v) is 29.3. The second-order valence-electron chi connectivity index (χ2n) is 22.1. The summed E-state index contributed by atoms with van der Waals surface area (Å²) in [4.78, 5) is 22.0. The predicted molar refractivity (Wildman–Crippen MR) is 360 cm³/mol. The van der Waals surface area contributed by atoms with Gasteiger partial charge in [0.15, 0.2) is 5.82 Å². The van der Waals surface area contributed by atoms with Crippen LogP contribution in [-0.4, -0.2) is 19.9 Å². The molecule has 0 fully saturated rings. The van der Waals surface area contributed by atoms with Crippen molar-refractivity contribution in [1.82, 2.24) is 19.9 Å². The lowest BCUT2D eigenvalue weighted by Gasteiger charge is -2.19. The second kappa shape index (κ2) is 21.4. The summed E-state index contributed by atoms with van der Waals surface area (Å²) >= 11 is 0. The van der Waals surface area contributed by atoms with Crippen molar-refractivity contribution in [2.45, 2.75) is 0 Å². The maximum Gasteiger partial charge on any atom is 0.160 e. The zero-order chi connectivity index (χ0) is 56.9. The topological polar surface area (TPSA) is 51.6 Å². The molecule has 16 rings (SSSR count). The molecule has 0 saturated heterocycles. The van der Waals surface area contributed by atoms with Gasteiger partial charge in [-0.2, -0.15) is 0 Å². The van der Waals surface area contributed by atoms with Crippen LogP contribution in [0.25, 0.3) is 166 Å². The molecule has 0 spiro atoms. The van der Waals surface area contributed by atoms with Crippen LogP contribution >= 0.6 is 0 Å². The standard InChI is InChI=1S/C82H52N4/c1-5-21-53(22-6-1)63-49-76(55-23-7-2-8-24-55)84-79(50-63)58-39-43-60(44-40-58)82-85-80(59-41-37-54(38-42-59)64-51-77(56-25-9-3-10-26-56)83-78(52-64)57-27-11-4-12-28-57)75-48-65(72-45-61-29-13-15-31-66(61)68-33-17-19-35-70(68)72)47-74(81(75)86-82)73-46-62-30-14-16-32-67(62)69-34-18-20-36-71(69)73/h1-52H. The highest BCUT2D eigenvalue weighted by molar-refractivity contribution is 6.19. The third-order valence-corrected chi connectivity index (χ3v) is 16.8. The van der Waals surface area contributed by atoms with Gasteiger partial charge < -0.3 is 0 Å². The third-order valence-electron chi connectivity index (χ3n) is 16.8. The highest BCUT2D eigenvalue weighted by Crippen LogP contribution is 2.45. The van der Waals surface area contributed by atoms with Gasteiger partial charge in [0.2, 0.25) is 0 Å². The van der Waals surface area contributed by atoms with Crippen molar-refractivity contribution in [2.75, 3.05) is 0 Å². The molecular formula is C82H52N4. The van der Waals surface area contributed by atoms with E-state index in [0.717, 1.165) is 123 Å². The highest BCUT2D eigenvalue weighted by Gasteiger charge is 2.22. The number of nitrogens with zero attached hydrogens (tertiary/aromatic N) is 4. The monoisotopic (exact) mass is 1090 g/mol. The summed E-state index contributed by atoms with van der Waals surface area (Å²) in [7, 11) is 0. The highest BCUT2D eigenvalue weighted by atomic mass is 14.9. The van der Waals surface area contributed by atoms with E-state index in [1.807, 2.05) is 18.2 Å². The van der Waals surface area contributed by atoms with Gasteiger partial charge in [0, 0.05) is 44.3 Å². The summed E-state index contributed by atoms with van der Waals surface area (Å²) in [6.45, 7) is 0. The molecule has 4 heteroatoms. The van der Waals surface area contributed by atoms with Crippen molar-refractivity contribution >= 4 is 54.0 Å². The molecule has 0 amide bonds. The van der Waals surface area contributed by atoms with Gasteiger partial charge in [0.1, 0.15) is 0 Å². The first kappa shape index (κ1) is 50.3. The Balaban J connectivity index is 0.933. The SMILES string of the molecule is c1ccc(-c2cc(-c3ccccc3)nc(-c3ccc(-c4nc(-c5ccc(-c6cc(-c7ccccc7)nc(-c7ccccc7)c6)cc5)c5cc(-c6cc7ccccc7c7ccccc67)cc(-c6cc7ccccc7c7ccccc67)c5n4)cc3)c2)cc1. The lowest BCUT2D eigenvalue weighted by atomic mass is 9.87. The average molecular weight is 1090 g/mol. The van der Waals surface area contributed by atoms with Crippen molar-refractivity contribution in [2.24, 2.45) is 0 Å². The van der Waals surface area contributed by atoms with Crippen LogP contribution in [0.4, 0.5) is 0 Å². The molecule has 4 nitrogen and oxygen atoms in total. The van der Waals surface area contributed by atoms with Crippen LogP contribution in [0.3, 0.4) is 0 Å². The van der Waals surface area contributed by atoms with E-state index in [0.29, 0.717) is 5.82 Å². The molecule has 0 saturated carbocycles. The van der Waals surface area contributed by atoms with Gasteiger partial charge in [0.25, 0.3) is 0 Å². The lowest BCUT2D eigenvalue weighted by Crippen LogP contribution is -1.99. The van der Waals surface area contributed by atoms with Gasteiger partial charge in [-0.15, -0.1) is 0 Å². The number of pyridine rings is 2. The minimum absolute atomic E-state index is 0.628. The maximum absolute atomic E-state index is 5.76. The largest absolute Gasteiger partial charge is 0.248 e. The zero-order valence-corrected chi connectivity index (χ0v) is 46.8. The van der Waals surface area contributed by atoms with Crippen LogP contribution in [0.15, 0.2) is 315 Å². The lowest BCUT2D eigenvalue weighted by molar-refractivity contribution is 1.23. The molecule has 0 aliphatic rings. The van der Waals surface area contributed by atoms with Crippen LogP contribution in [0, 0.1) is 0 Å². The fourth-order valence-corrected chi connectivity index (χ4v) is 12.6. The molecule has 0 aliphatic carbocycles. The van der Waals surface area contributed by atoms with Crippen LogP contribution < -0.4 is 0 Å². The predicted octanol–water partition coefficient (Wildman–Crippen LogP) is 21.7. The molecule has 16 aromatic rings. The van der Waals surface area contributed by atoms with Crippen molar-refractivity contribution in [3.63, 3.8) is 0 Å². The average Bonchev–Trinajstić information content (AvgIpc) is 1.99. The van der Waals surface area contributed by atoms with E-state index in [1.54, 1.807) is 0 Å². The van der Waals surface area contributed by atoms with Crippen LogP contribution in [0.1, 0.15) is 0 Å². The Morgan fingerprint density at radius 1 is 0.174 bits per heavy atom. The summed E-state index contributed by atoms with van der Waals surface area (Å²) in [5.41, 5.74) is 20.2. The molecule has 0 unspecified atom stereocenters. The third kappa shape index (κ3) is 9.23. The Morgan fingerprint density at radius 2 is 0.535 bits per heavy atom. The second-order valence-corrected chi connectivity index (χ2v) is 22.1. The summed E-state index contributed by atoms with van der Waals surface area (Å²) in [6.07, 6.45) is 0. The van der Waals surface area contributed by atoms with Gasteiger partial charge in [-0.05, 0) is 131 Å². The summed E-state index contributed by atoms with van der Waals surface area (Å²) in [5, 5.41) is 10.5. The molecular weight excluding hydrogens is 1040 g/mol. The Bertz CT molecular complexity index is 5120. The molecule has 3 aromatic heterocycles. The molecule has 0 radical (unpaired) electrons. The summed E-state index contributed by atoms with van der Waals surface area (Å²) < 4.78 is 0. The normalized spacial score (nSPS) is 11.5. The smallest absolute Gasteiger partial charge is 0.160 e. The van der Waals surface area contributed by atoms with E-state index >= 15 is 0 Å². The molecule has 0 N–H and O–H groups in total. The van der Waals surface area contributed by atoms with Gasteiger partial charge in [0.05, 0.1) is 34.0 Å². The van der Waals surface area contributed by atoms with Crippen LogP contribution in [0.2, 0.25) is 0 Å². The molecule has 13 aromatic carbocycles. The maximum atomic E-state index is 5.76. The summed E-state index contributed by atoms with van der Waals surface area (Å²) in [5.74, 6) is 0.628. The van der Waals surface area contributed by atoms with Gasteiger partial charge in [-0.3, -0.25) is 0 Å². The van der Waals surface area contributed by atoms with E-state index < -0.39 is 0 Å². The van der Waals surface area contributed by atoms with Crippen molar-refractivity contribution < 1.29 is 0 Å². The Kier molecular flexibility index (Phi) is 12.5. The summed E-state index contributed by atoms with van der Waals surface area (Å²) in [6, 6.07) is 113. The number of rotatable bonds is 10. The number of fused-ring (bicyclic) bond motifs is 7. The van der Waals surface area contributed by atoms with E-state index in [1.165, 1.54) is 37.7 Å². The Hall–Kier alpha value is -11.5. The first-order chi connectivity index (χ1) is 42.6. The van der Waals surface area contributed by atoms with E-state index in [-0.39, 0.29) is 0 Å². The van der Waals surface area contributed by atoms with Crippen molar-refractivity contribution in [3.05, 3.63) is 315 Å². The van der Waals surface area contributed by atoms with Gasteiger partial charge >= 0.3 is 0 Å². The van der Waals surface area contributed by atoms with E-state index in [2.05, 4.69) is 297 Å². The number of benzene rings is 13. The molecule has 86 heavy (non-hydrogen) atoms. The Morgan fingerprint density at radius 3 is 1.03 bits per heavy atom. The van der Waals surface area contributed by atoms with Gasteiger partial charge in [-0.1, -0.05) is 267 Å². The number of hydrogen-bond donors (Lipinski definition) is 0. The van der Waals surface area contributed by atoms with E-state index in [4.69, 9.17) is 19.9 Å². The quantitative estimate of drug-likeness (QED) is 0.128. The molecule has 0 atom stereocenters. The molecule has 400 valence electrons. The van der Waals surface area contributed by atoms with Crippen molar-refractivity contribution in [3.8, 4) is 112 Å². The number of hydrogen-bond acceptors (Lipinski definition) is 4. The Labute approximate surface area is 498 Å². The van der Waals surface area contributed by atoms with Crippen LogP contribution in [0.5, 0.6) is 0 Å². The fourth-order valence-electron chi connectivity index (χ4n) is 12.6. The van der Waals surface area contributed by atoms with Crippen LogP contribution in [-0.2, 0) is 0 Å². The minimum atomic E-state index is 0.628. The molecule has 0 bridgehead atoms. The van der Waals surface area contributed by atoms with Crippen molar-refractivity contribution in [1.29, 1.82) is 0 Å². The van der Waals surface area contributed by atoms with E-state index in [9.17, 15) is 0 Å². The molecule has 0 aliphatic heterocycles. The first-order valence-electron chi connectivity index (χ1n) is 29.3. The minimum Gasteiger partial charge on any atom is -0.248 e. The fraction of sp³-hybridized carbons (Fsp3) is 0. The van der Waals surface area contributed by atoms with Gasteiger partial charge in [-0.25, -0.2) is 19.9 Å². The zero-order valence-electron chi connectivity index (χ0n) is 46.8. The molecule has 3 heterocycles.